The molecule has 0 aromatic heterocycles. The highest BCUT2D eigenvalue weighted by atomic mass is 35.5. The van der Waals surface area contributed by atoms with Gasteiger partial charge in [0.15, 0.2) is 5.41 Å². The average Bonchev–Trinajstić information content (AvgIpc) is 2.41. The lowest BCUT2D eigenvalue weighted by atomic mass is 9.77. The molecule has 1 aromatic carbocycles. The van der Waals surface area contributed by atoms with Crippen molar-refractivity contribution in [2.24, 2.45) is 0 Å². The first-order valence-electron chi connectivity index (χ1n) is 6.27. The molecule has 0 saturated carbocycles. The molecule has 1 N–H and O–H groups in total. The molecule has 0 aliphatic carbocycles. The zero-order valence-corrected chi connectivity index (χ0v) is 12.2. The first-order chi connectivity index (χ1) is 9.50. The number of carboxylic acids is 1. The molecule has 0 heterocycles. The second-order valence-corrected chi connectivity index (χ2v) is 4.59. The van der Waals surface area contributed by atoms with E-state index in [4.69, 9.17) is 16.3 Å². The molecule has 0 aliphatic rings. The van der Waals surface area contributed by atoms with Gasteiger partial charge in [0.25, 0.3) is 0 Å². The van der Waals surface area contributed by atoms with Crippen LogP contribution in [0.25, 0.3) is 0 Å². The number of carboxylic acid groups (broad SMARTS) is 1. The van der Waals surface area contributed by atoms with Crippen LogP contribution in [-0.4, -0.2) is 23.7 Å². The third-order valence-corrected chi connectivity index (χ3v) is 3.31. The lowest BCUT2D eigenvalue weighted by Crippen LogP contribution is -2.45. The first-order valence-corrected chi connectivity index (χ1v) is 6.65. The average molecular weight is 297 g/mol. The summed E-state index contributed by atoms with van der Waals surface area (Å²) in [7, 11) is 0. The molecule has 1 aromatic rings. The van der Waals surface area contributed by atoms with Crippen molar-refractivity contribution < 1.29 is 19.4 Å². The fraction of sp³-hybridized carbons (Fsp3) is 0.333. The van der Waals surface area contributed by atoms with Gasteiger partial charge in [0, 0.05) is 5.02 Å². The van der Waals surface area contributed by atoms with Crippen LogP contribution < -0.4 is 0 Å². The first kappa shape index (κ1) is 16.2. The molecule has 1 rings (SSSR count). The fourth-order valence-corrected chi connectivity index (χ4v) is 2.25. The standard InChI is InChI=1S/C15H17ClO4/c1-3-5-10-15(13(17)18,14(19)20-4-2)11-8-6-7-9-12(11)16/h3,5-9H,4,10H2,1-2H3,(H,17,18)/b5-3+. The molecule has 20 heavy (non-hydrogen) atoms. The van der Waals surface area contributed by atoms with Gasteiger partial charge in [0.1, 0.15) is 0 Å². The molecular weight excluding hydrogens is 280 g/mol. The normalized spacial score (nSPS) is 13.9. The van der Waals surface area contributed by atoms with E-state index in [0.717, 1.165) is 0 Å². The Morgan fingerprint density at radius 3 is 2.55 bits per heavy atom. The Morgan fingerprint density at radius 2 is 2.05 bits per heavy atom. The number of hydrogen-bond acceptors (Lipinski definition) is 3. The lowest BCUT2D eigenvalue weighted by molar-refractivity contribution is -0.161. The lowest BCUT2D eigenvalue weighted by Gasteiger charge is -2.27. The van der Waals surface area contributed by atoms with Gasteiger partial charge in [0.05, 0.1) is 6.61 Å². The Balaban J connectivity index is 3.48. The summed E-state index contributed by atoms with van der Waals surface area (Å²) in [5, 5.41) is 9.86. The SMILES string of the molecule is C/C=C/CC(C(=O)O)(C(=O)OCC)c1ccccc1Cl. The highest BCUT2D eigenvalue weighted by Crippen LogP contribution is 2.35. The summed E-state index contributed by atoms with van der Waals surface area (Å²) >= 11 is 6.08. The Kier molecular flexibility index (Phi) is 5.77. The predicted octanol–water partition coefficient (Wildman–Crippen LogP) is 3.19. The van der Waals surface area contributed by atoms with Gasteiger partial charge in [-0.25, -0.2) is 0 Å². The van der Waals surface area contributed by atoms with Crippen LogP contribution in [0.2, 0.25) is 5.02 Å². The highest BCUT2D eigenvalue weighted by Gasteiger charge is 2.49. The minimum Gasteiger partial charge on any atom is -0.480 e. The summed E-state index contributed by atoms with van der Waals surface area (Å²) in [6, 6.07) is 6.42. The molecule has 108 valence electrons. The summed E-state index contributed by atoms with van der Waals surface area (Å²) in [5.41, 5.74) is -1.58. The van der Waals surface area contributed by atoms with Gasteiger partial charge in [-0.1, -0.05) is 42.0 Å². The molecule has 0 saturated heterocycles. The van der Waals surface area contributed by atoms with Crippen molar-refractivity contribution in [3.05, 3.63) is 47.0 Å². The van der Waals surface area contributed by atoms with Gasteiger partial charge in [-0.2, -0.15) is 0 Å². The number of carbonyl (C=O) groups is 2. The highest BCUT2D eigenvalue weighted by molar-refractivity contribution is 6.32. The Hall–Kier alpha value is -1.81. The topological polar surface area (TPSA) is 63.6 Å². The van der Waals surface area contributed by atoms with Gasteiger partial charge < -0.3 is 9.84 Å². The number of hydrogen-bond donors (Lipinski definition) is 1. The van der Waals surface area contributed by atoms with Crippen LogP contribution in [0, 0.1) is 0 Å². The van der Waals surface area contributed by atoms with Crippen LogP contribution in [0.1, 0.15) is 25.8 Å². The molecule has 5 heteroatoms. The smallest absolute Gasteiger partial charge is 0.328 e. The second kappa shape index (κ2) is 7.10. The maximum atomic E-state index is 12.3. The molecule has 0 fully saturated rings. The maximum absolute atomic E-state index is 12.3. The largest absolute Gasteiger partial charge is 0.480 e. The molecule has 0 radical (unpaired) electrons. The molecule has 0 aliphatic heterocycles. The molecule has 0 spiro atoms. The zero-order valence-electron chi connectivity index (χ0n) is 11.4. The van der Waals surface area contributed by atoms with Crippen molar-refractivity contribution in [2.75, 3.05) is 6.61 Å². The summed E-state index contributed by atoms with van der Waals surface area (Å²) < 4.78 is 4.96. The number of aliphatic carboxylic acids is 1. The Morgan fingerprint density at radius 1 is 1.40 bits per heavy atom. The summed E-state index contributed by atoms with van der Waals surface area (Å²) in [6.07, 6.45) is 3.30. The third kappa shape index (κ3) is 3.02. The van der Waals surface area contributed by atoms with Gasteiger partial charge in [-0.05, 0) is 31.9 Å². The summed E-state index contributed by atoms with van der Waals surface area (Å²) in [5.74, 6) is -2.08. The quantitative estimate of drug-likeness (QED) is 0.497. The minimum atomic E-state index is -1.82. The van der Waals surface area contributed by atoms with E-state index in [1.165, 1.54) is 6.07 Å². The molecule has 0 amide bonds. The van der Waals surface area contributed by atoms with Crippen LogP contribution in [0.4, 0.5) is 0 Å². The number of ether oxygens (including phenoxy) is 1. The van der Waals surface area contributed by atoms with Gasteiger partial charge in [0.2, 0.25) is 0 Å². The van der Waals surface area contributed by atoms with Crippen LogP contribution >= 0.6 is 11.6 Å². The molecule has 1 unspecified atom stereocenters. The van der Waals surface area contributed by atoms with Gasteiger partial charge in [-0.15, -0.1) is 0 Å². The van der Waals surface area contributed by atoms with E-state index in [0.29, 0.717) is 0 Å². The number of halogens is 1. The number of carbonyl (C=O) groups excluding carboxylic acids is 1. The summed E-state index contributed by atoms with van der Waals surface area (Å²) in [6.45, 7) is 3.49. The van der Waals surface area contributed by atoms with Crippen molar-refractivity contribution in [1.82, 2.24) is 0 Å². The maximum Gasteiger partial charge on any atom is 0.328 e. The molecule has 0 bridgehead atoms. The minimum absolute atomic E-state index is 0.0125. The third-order valence-electron chi connectivity index (χ3n) is 2.98. The second-order valence-electron chi connectivity index (χ2n) is 4.18. The molecule has 1 atom stereocenters. The van der Waals surface area contributed by atoms with Crippen molar-refractivity contribution in [1.29, 1.82) is 0 Å². The number of rotatable bonds is 6. The van der Waals surface area contributed by atoms with Crippen LogP contribution in [0.5, 0.6) is 0 Å². The predicted molar refractivity (Wildman–Crippen MR) is 76.8 cm³/mol. The van der Waals surface area contributed by atoms with E-state index >= 15 is 0 Å². The zero-order chi connectivity index (χ0) is 15.2. The van der Waals surface area contributed by atoms with Crippen LogP contribution in [0.3, 0.4) is 0 Å². The monoisotopic (exact) mass is 296 g/mol. The number of allylic oxidation sites excluding steroid dienone is 2. The van der Waals surface area contributed by atoms with Crippen LogP contribution in [0.15, 0.2) is 36.4 Å². The number of esters is 1. The Bertz CT molecular complexity index is 524. The van der Waals surface area contributed by atoms with Crippen molar-refractivity contribution >= 4 is 23.5 Å². The van der Waals surface area contributed by atoms with E-state index in [1.54, 1.807) is 44.2 Å². The number of benzene rings is 1. The summed E-state index contributed by atoms with van der Waals surface area (Å²) in [4.78, 5) is 24.1. The fourth-order valence-electron chi connectivity index (χ4n) is 1.95. The van der Waals surface area contributed by atoms with E-state index in [-0.39, 0.29) is 23.6 Å². The van der Waals surface area contributed by atoms with Gasteiger partial charge in [-0.3, -0.25) is 9.59 Å². The van der Waals surface area contributed by atoms with Crippen molar-refractivity contribution in [3.63, 3.8) is 0 Å². The van der Waals surface area contributed by atoms with Gasteiger partial charge >= 0.3 is 11.9 Å². The van der Waals surface area contributed by atoms with Crippen molar-refractivity contribution in [3.8, 4) is 0 Å². The molecule has 4 nitrogen and oxygen atoms in total. The van der Waals surface area contributed by atoms with Crippen LogP contribution in [-0.2, 0) is 19.7 Å². The molecular formula is C15H17ClO4. The van der Waals surface area contributed by atoms with E-state index in [9.17, 15) is 14.7 Å². The van der Waals surface area contributed by atoms with E-state index in [1.807, 2.05) is 0 Å². The van der Waals surface area contributed by atoms with E-state index < -0.39 is 17.4 Å². The van der Waals surface area contributed by atoms with E-state index in [2.05, 4.69) is 0 Å². The van der Waals surface area contributed by atoms with Crippen molar-refractivity contribution in [2.45, 2.75) is 25.7 Å². The Labute approximate surface area is 123 Å².